The number of fused-ring (bicyclic) bond motifs is 1. The topological polar surface area (TPSA) is 69.2 Å². The van der Waals surface area contributed by atoms with Gasteiger partial charge in [-0.05, 0) is 18.2 Å². The first-order valence-electron chi connectivity index (χ1n) is 10.6. The highest BCUT2D eigenvalue weighted by Gasteiger charge is 2.39. The monoisotopic (exact) mass is 445 g/mol. The number of aromatic nitrogens is 3. The van der Waals surface area contributed by atoms with Crippen LogP contribution in [-0.2, 0) is 11.5 Å². The zero-order valence-electron chi connectivity index (χ0n) is 18.2. The Kier molecular flexibility index (Phi) is 5.74. The second-order valence-corrected chi connectivity index (χ2v) is 15.0. The first-order valence-corrected chi connectivity index (χ1v) is 14.3. The zero-order chi connectivity index (χ0) is 22.2. The van der Waals surface area contributed by atoms with E-state index in [1.165, 1.54) is 0 Å². The molecule has 3 heterocycles. The van der Waals surface area contributed by atoms with Gasteiger partial charge in [0.2, 0.25) is 0 Å². The van der Waals surface area contributed by atoms with Crippen molar-refractivity contribution < 1.29 is 13.5 Å². The lowest BCUT2D eigenvalue weighted by molar-refractivity contribution is 0.0257. The largest absolute Gasteiger partial charge is 0.395 e. The van der Waals surface area contributed by atoms with Gasteiger partial charge in [0.1, 0.15) is 12.4 Å². The molecule has 0 bridgehead atoms. The van der Waals surface area contributed by atoms with Gasteiger partial charge < -0.3 is 15.4 Å². The number of halogens is 2. The van der Waals surface area contributed by atoms with Crippen molar-refractivity contribution in [1.82, 2.24) is 14.8 Å². The Hall–Kier alpha value is -2.52. The fraction of sp³-hybridized carbons (Fsp3) is 0.455. The van der Waals surface area contributed by atoms with Crippen LogP contribution in [0.25, 0.3) is 22.2 Å². The average Bonchev–Trinajstić information content (AvgIpc) is 3.25. The summed E-state index contributed by atoms with van der Waals surface area (Å²) in [7, 11) is -1.17. The third-order valence-corrected chi connectivity index (χ3v) is 7.27. The van der Waals surface area contributed by atoms with Crippen molar-refractivity contribution in [3.63, 3.8) is 0 Å². The number of anilines is 2. The molecule has 31 heavy (non-hydrogen) atoms. The van der Waals surface area contributed by atoms with Crippen LogP contribution in [0.5, 0.6) is 0 Å². The van der Waals surface area contributed by atoms with Gasteiger partial charge in [0.15, 0.2) is 5.82 Å². The minimum absolute atomic E-state index is 0.190. The Morgan fingerprint density at radius 3 is 2.68 bits per heavy atom. The Morgan fingerprint density at radius 2 is 1.97 bits per heavy atom. The summed E-state index contributed by atoms with van der Waals surface area (Å²) in [5.74, 6) is -2.33. The molecule has 0 amide bonds. The smallest absolute Gasteiger partial charge is 0.266 e. The molecule has 0 radical (unpaired) electrons. The van der Waals surface area contributed by atoms with E-state index >= 15 is 0 Å². The molecule has 1 aliphatic rings. The lowest BCUT2D eigenvalue weighted by Crippen LogP contribution is -2.26. The number of ether oxygens (including phenoxy) is 1. The van der Waals surface area contributed by atoms with Crippen molar-refractivity contribution >= 4 is 30.5 Å². The van der Waals surface area contributed by atoms with Crippen LogP contribution in [0.15, 0.2) is 36.5 Å². The molecule has 3 aromatic rings. The van der Waals surface area contributed by atoms with Crippen LogP contribution in [-0.4, -0.2) is 48.5 Å². The van der Waals surface area contributed by atoms with Crippen molar-refractivity contribution in [3.05, 3.63) is 36.5 Å². The number of nitrogen functional groups attached to an aromatic ring is 1. The van der Waals surface area contributed by atoms with Crippen LogP contribution in [0.3, 0.4) is 0 Å². The van der Waals surface area contributed by atoms with Crippen molar-refractivity contribution in [2.45, 2.75) is 44.8 Å². The van der Waals surface area contributed by atoms with Gasteiger partial charge >= 0.3 is 0 Å². The standard InChI is InChI=1S/C22H29F2N5OSi/c1-31(2,3)13-12-30-15-29-18-7-5-4-6-16(18)20(27-29)17-8-10-26-21(19(17)25)28-11-9-22(23,24)14-28/h4-8,10H,9,11-15,25H2,1-3H3. The van der Waals surface area contributed by atoms with E-state index in [-0.39, 0.29) is 19.5 Å². The first kappa shape index (κ1) is 21.7. The fourth-order valence-electron chi connectivity index (χ4n) is 3.79. The summed E-state index contributed by atoms with van der Waals surface area (Å²) >= 11 is 0. The van der Waals surface area contributed by atoms with Crippen molar-refractivity contribution in [3.8, 4) is 11.3 Å². The van der Waals surface area contributed by atoms with Crippen LogP contribution in [0, 0.1) is 0 Å². The van der Waals surface area contributed by atoms with Crippen molar-refractivity contribution in [2.75, 3.05) is 30.3 Å². The quantitative estimate of drug-likeness (QED) is 0.416. The molecule has 1 aromatic carbocycles. The average molecular weight is 446 g/mol. The lowest BCUT2D eigenvalue weighted by Gasteiger charge is -2.20. The van der Waals surface area contributed by atoms with Gasteiger partial charge in [-0.2, -0.15) is 5.10 Å². The van der Waals surface area contributed by atoms with Gasteiger partial charge in [0.05, 0.1) is 17.7 Å². The highest BCUT2D eigenvalue weighted by Crippen LogP contribution is 2.38. The van der Waals surface area contributed by atoms with Gasteiger partial charge in [0, 0.05) is 44.8 Å². The van der Waals surface area contributed by atoms with Gasteiger partial charge in [0.25, 0.3) is 5.92 Å². The predicted octanol–water partition coefficient (Wildman–Crippen LogP) is 4.84. The van der Waals surface area contributed by atoms with E-state index in [4.69, 9.17) is 15.6 Å². The van der Waals surface area contributed by atoms with E-state index < -0.39 is 14.0 Å². The zero-order valence-corrected chi connectivity index (χ0v) is 19.2. The first-order chi connectivity index (χ1) is 14.6. The molecule has 9 heteroatoms. The molecule has 0 spiro atoms. The Morgan fingerprint density at radius 1 is 1.19 bits per heavy atom. The molecule has 1 saturated heterocycles. The summed E-state index contributed by atoms with van der Waals surface area (Å²) in [6.45, 7) is 7.86. The molecule has 4 rings (SSSR count). The van der Waals surface area contributed by atoms with E-state index in [9.17, 15) is 8.78 Å². The maximum Gasteiger partial charge on any atom is 0.266 e. The van der Waals surface area contributed by atoms with Crippen LogP contribution in [0.1, 0.15) is 6.42 Å². The van der Waals surface area contributed by atoms with E-state index in [0.29, 0.717) is 36.1 Å². The molecule has 166 valence electrons. The number of nitrogens with two attached hydrogens (primary N) is 1. The number of hydrogen-bond donors (Lipinski definition) is 1. The molecule has 6 nitrogen and oxygen atoms in total. The molecule has 2 aromatic heterocycles. The summed E-state index contributed by atoms with van der Waals surface area (Å²) in [4.78, 5) is 5.85. The molecule has 1 fully saturated rings. The fourth-order valence-corrected chi connectivity index (χ4v) is 4.55. The van der Waals surface area contributed by atoms with E-state index in [1.54, 1.807) is 17.2 Å². The van der Waals surface area contributed by atoms with Crippen molar-refractivity contribution in [1.29, 1.82) is 0 Å². The molecule has 0 unspecified atom stereocenters. The maximum atomic E-state index is 13.7. The van der Waals surface area contributed by atoms with Gasteiger partial charge in [-0.15, -0.1) is 0 Å². The van der Waals surface area contributed by atoms with Crippen LogP contribution in [0.4, 0.5) is 20.3 Å². The van der Waals surface area contributed by atoms with Gasteiger partial charge in [-0.25, -0.2) is 18.4 Å². The third-order valence-electron chi connectivity index (χ3n) is 5.56. The molecular formula is C22H29F2N5OSi. The van der Waals surface area contributed by atoms with E-state index in [1.807, 2.05) is 28.9 Å². The summed E-state index contributed by atoms with van der Waals surface area (Å²) in [5, 5.41) is 5.72. The molecule has 0 aliphatic carbocycles. The van der Waals surface area contributed by atoms with Crippen molar-refractivity contribution in [2.24, 2.45) is 0 Å². The lowest BCUT2D eigenvalue weighted by atomic mass is 10.1. The number of hydrogen-bond acceptors (Lipinski definition) is 5. The predicted molar refractivity (Wildman–Crippen MR) is 123 cm³/mol. The number of pyridine rings is 1. The second-order valence-electron chi connectivity index (χ2n) is 9.34. The van der Waals surface area contributed by atoms with Crippen LogP contribution >= 0.6 is 0 Å². The number of benzene rings is 1. The van der Waals surface area contributed by atoms with Gasteiger partial charge in [-0.1, -0.05) is 37.8 Å². The number of rotatable bonds is 7. The molecular weight excluding hydrogens is 416 g/mol. The Balaban J connectivity index is 1.65. The summed E-state index contributed by atoms with van der Waals surface area (Å²) in [6.07, 6.45) is 1.42. The summed E-state index contributed by atoms with van der Waals surface area (Å²) < 4.78 is 35.2. The third kappa shape index (κ3) is 4.72. The normalized spacial score (nSPS) is 16.4. The molecule has 0 saturated carbocycles. The summed E-state index contributed by atoms with van der Waals surface area (Å²) in [6, 6.07) is 10.8. The molecule has 0 atom stereocenters. The van der Waals surface area contributed by atoms with Crippen LogP contribution in [0.2, 0.25) is 25.7 Å². The Bertz CT molecular complexity index is 1080. The number of alkyl halides is 2. The molecule has 2 N–H and O–H groups in total. The second kappa shape index (κ2) is 8.20. The number of para-hydroxylation sites is 1. The van der Waals surface area contributed by atoms with Crippen LogP contribution < -0.4 is 10.6 Å². The minimum atomic E-state index is -2.72. The SMILES string of the molecule is C[Si](C)(C)CCOCn1nc(-c2ccnc(N3CCC(F)(F)C3)c2N)c2ccccc21. The van der Waals surface area contributed by atoms with E-state index in [0.717, 1.165) is 16.9 Å². The maximum absolute atomic E-state index is 13.7. The van der Waals surface area contributed by atoms with Gasteiger partial charge in [-0.3, -0.25) is 0 Å². The highest BCUT2D eigenvalue weighted by molar-refractivity contribution is 6.76. The minimum Gasteiger partial charge on any atom is -0.395 e. The number of nitrogens with zero attached hydrogens (tertiary/aromatic N) is 4. The highest BCUT2D eigenvalue weighted by atomic mass is 28.3. The Labute approximate surface area is 182 Å². The van der Waals surface area contributed by atoms with E-state index in [2.05, 4.69) is 24.6 Å². The summed E-state index contributed by atoms with van der Waals surface area (Å²) in [5.41, 5.74) is 9.14. The molecule has 1 aliphatic heterocycles.